The number of rotatable bonds is 6. The molecule has 1 aliphatic heterocycles. The van der Waals surface area contributed by atoms with Crippen LogP contribution in [0.1, 0.15) is 17.2 Å². The van der Waals surface area contributed by atoms with Gasteiger partial charge >= 0.3 is 0 Å². The van der Waals surface area contributed by atoms with Gasteiger partial charge in [0.1, 0.15) is 6.04 Å². The first kappa shape index (κ1) is 19.7. The molecule has 3 aromatic carbocycles. The molecule has 2 heterocycles. The van der Waals surface area contributed by atoms with Crippen molar-refractivity contribution in [3.63, 3.8) is 0 Å². The number of aromatic nitrogens is 1. The SMILES string of the molecule is O=C(Cc1c[nH]c2ccccc12)N[C@H](C(=O)Nc1ccc2c(c1)OCO2)c1ccccc1. The molecule has 2 amide bonds. The number of hydrogen-bond donors (Lipinski definition) is 3. The highest BCUT2D eigenvalue weighted by atomic mass is 16.7. The zero-order valence-corrected chi connectivity index (χ0v) is 17.1. The first-order valence-electron chi connectivity index (χ1n) is 10.3. The summed E-state index contributed by atoms with van der Waals surface area (Å²) in [6.07, 6.45) is 1.99. The molecule has 0 spiro atoms. The quantitative estimate of drug-likeness (QED) is 0.435. The van der Waals surface area contributed by atoms with Crippen LogP contribution in [0.2, 0.25) is 0 Å². The van der Waals surface area contributed by atoms with E-state index in [2.05, 4.69) is 15.6 Å². The zero-order valence-electron chi connectivity index (χ0n) is 17.1. The van der Waals surface area contributed by atoms with E-state index >= 15 is 0 Å². The number of para-hydroxylation sites is 1. The summed E-state index contributed by atoms with van der Waals surface area (Å²) in [6, 6.07) is 21.3. The normalized spacial score (nSPS) is 13.0. The lowest BCUT2D eigenvalue weighted by Gasteiger charge is -2.19. The van der Waals surface area contributed by atoms with Gasteiger partial charge in [-0.15, -0.1) is 0 Å². The summed E-state index contributed by atoms with van der Waals surface area (Å²) in [4.78, 5) is 29.2. The van der Waals surface area contributed by atoms with Gasteiger partial charge in [0.25, 0.3) is 5.91 Å². The number of fused-ring (bicyclic) bond motifs is 2. The minimum Gasteiger partial charge on any atom is -0.454 e. The van der Waals surface area contributed by atoms with Crippen molar-refractivity contribution in [1.29, 1.82) is 0 Å². The molecule has 4 aromatic rings. The van der Waals surface area contributed by atoms with Crippen LogP contribution < -0.4 is 20.1 Å². The van der Waals surface area contributed by atoms with Gasteiger partial charge in [0.15, 0.2) is 11.5 Å². The summed E-state index contributed by atoms with van der Waals surface area (Å²) in [5, 5.41) is 6.75. The lowest BCUT2D eigenvalue weighted by atomic mass is 10.0. The molecule has 0 saturated heterocycles. The Morgan fingerprint density at radius 3 is 2.59 bits per heavy atom. The van der Waals surface area contributed by atoms with Gasteiger partial charge in [-0.2, -0.15) is 0 Å². The van der Waals surface area contributed by atoms with Crippen molar-refractivity contribution < 1.29 is 19.1 Å². The van der Waals surface area contributed by atoms with Crippen LogP contribution in [0, 0.1) is 0 Å². The van der Waals surface area contributed by atoms with Crippen molar-refractivity contribution in [1.82, 2.24) is 10.3 Å². The van der Waals surface area contributed by atoms with Gasteiger partial charge in [0, 0.05) is 28.9 Å². The number of carbonyl (C=O) groups is 2. The number of nitrogens with one attached hydrogen (secondary N) is 3. The van der Waals surface area contributed by atoms with E-state index in [1.807, 2.05) is 60.8 Å². The second-order valence-electron chi connectivity index (χ2n) is 7.50. The molecule has 3 N–H and O–H groups in total. The van der Waals surface area contributed by atoms with Crippen LogP contribution in [0.25, 0.3) is 10.9 Å². The Morgan fingerprint density at radius 1 is 0.938 bits per heavy atom. The van der Waals surface area contributed by atoms with Gasteiger partial charge in [-0.3, -0.25) is 9.59 Å². The number of carbonyl (C=O) groups excluding carboxylic acids is 2. The molecule has 0 saturated carbocycles. The summed E-state index contributed by atoms with van der Waals surface area (Å²) in [7, 11) is 0. The number of hydrogen-bond acceptors (Lipinski definition) is 4. The maximum absolute atomic E-state index is 13.2. The van der Waals surface area contributed by atoms with Gasteiger partial charge in [0.2, 0.25) is 12.7 Å². The number of ether oxygens (including phenoxy) is 2. The molecule has 0 unspecified atom stereocenters. The van der Waals surface area contributed by atoms with E-state index < -0.39 is 6.04 Å². The second kappa shape index (κ2) is 8.47. The largest absolute Gasteiger partial charge is 0.454 e. The van der Waals surface area contributed by atoms with Crippen molar-refractivity contribution in [2.75, 3.05) is 12.1 Å². The Bertz CT molecular complexity index is 1280. The molecule has 5 rings (SSSR count). The first-order valence-corrected chi connectivity index (χ1v) is 10.3. The molecule has 0 bridgehead atoms. The van der Waals surface area contributed by atoms with Crippen molar-refractivity contribution in [3.8, 4) is 11.5 Å². The fourth-order valence-corrected chi connectivity index (χ4v) is 3.80. The van der Waals surface area contributed by atoms with Crippen LogP contribution in [-0.4, -0.2) is 23.6 Å². The summed E-state index contributed by atoms with van der Waals surface area (Å²) in [5.41, 5.74) is 3.10. The fourth-order valence-electron chi connectivity index (χ4n) is 3.80. The molecular weight excluding hydrogens is 406 g/mol. The van der Waals surface area contributed by atoms with E-state index in [0.29, 0.717) is 22.7 Å². The van der Waals surface area contributed by atoms with Gasteiger partial charge in [-0.05, 0) is 29.3 Å². The standard InChI is InChI=1S/C25H21N3O4/c29-23(12-17-14-26-20-9-5-4-8-19(17)20)28-24(16-6-2-1-3-7-16)25(30)27-18-10-11-21-22(13-18)32-15-31-21/h1-11,13-14,24,26H,12,15H2,(H,27,30)(H,28,29)/t24-/m0/s1. The molecule has 1 aliphatic rings. The molecule has 1 atom stereocenters. The van der Waals surface area contributed by atoms with Crippen molar-refractivity contribution in [3.05, 3.63) is 90.1 Å². The first-order chi connectivity index (χ1) is 15.7. The molecular formula is C25H21N3O4. The number of anilines is 1. The minimum atomic E-state index is -0.848. The predicted molar refractivity (Wildman–Crippen MR) is 121 cm³/mol. The van der Waals surface area contributed by atoms with Crippen LogP contribution >= 0.6 is 0 Å². The third-order valence-electron chi connectivity index (χ3n) is 5.37. The summed E-state index contributed by atoms with van der Waals surface area (Å²) < 4.78 is 10.7. The molecule has 7 nitrogen and oxygen atoms in total. The number of amides is 2. The third kappa shape index (κ3) is 4.00. The topological polar surface area (TPSA) is 92.5 Å². The van der Waals surface area contributed by atoms with Crippen LogP contribution in [0.4, 0.5) is 5.69 Å². The van der Waals surface area contributed by atoms with E-state index in [1.165, 1.54) is 0 Å². The summed E-state index contributed by atoms with van der Waals surface area (Å²) >= 11 is 0. The average molecular weight is 427 g/mol. The van der Waals surface area contributed by atoms with Crippen LogP contribution in [0.15, 0.2) is 79.0 Å². The Morgan fingerprint density at radius 2 is 1.72 bits per heavy atom. The molecule has 0 fully saturated rings. The lowest BCUT2D eigenvalue weighted by molar-refractivity contribution is -0.126. The smallest absolute Gasteiger partial charge is 0.251 e. The minimum absolute atomic E-state index is 0.156. The Hall–Kier alpha value is -4.26. The molecule has 160 valence electrons. The van der Waals surface area contributed by atoms with E-state index in [9.17, 15) is 9.59 Å². The van der Waals surface area contributed by atoms with Crippen molar-refractivity contribution in [2.45, 2.75) is 12.5 Å². The number of H-pyrrole nitrogens is 1. The fraction of sp³-hybridized carbons (Fsp3) is 0.120. The third-order valence-corrected chi connectivity index (χ3v) is 5.37. The van der Waals surface area contributed by atoms with E-state index in [1.54, 1.807) is 18.2 Å². The average Bonchev–Trinajstić information content (AvgIpc) is 3.45. The predicted octanol–water partition coefficient (Wildman–Crippen LogP) is 3.94. The highest BCUT2D eigenvalue weighted by molar-refractivity contribution is 5.99. The van der Waals surface area contributed by atoms with Crippen LogP contribution in [-0.2, 0) is 16.0 Å². The molecule has 7 heteroatoms. The zero-order chi connectivity index (χ0) is 21.9. The maximum atomic E-state index is 13.2. The molecule has 32 heavy (non-hydrogen) atoms. The van der Waals surface area contributed by atoms with Gasteiger partial charge in [-0.1, -0.05) is 48.5 Å². The van der Waals surface area contributed by atoms with E-state index in [0.717, 1.165) is 16.5 Å². The maximum Gasteiger partial charge on any atom is 0.251 e. The Labute approximate surface area is 184 Å². The van der Waals surface area contributed by atoms with Crippen molar-refractivity contribution in [2.24, 2.45) is 0 Å². The van der Waals surface area contributed by atoms with Crippen LogP contribution in [0.5, 0.6) is 11.5 Å². The highest BCUT2D eigenvalue weighted by Gasteiger charge is 2.24. The highest BCUT2D eigenvalue weighted by Crippen LogP contribution is 2.34. The second-order valence-corrected chi connectivity index (χ2v) is 7.50. The molecule has 0 radical (unpaired) electrons. The Balaban J connectivity index is 1.35. The number of aromatic amines is 1. The van der Waals surface area contributed by atoms with Crippen LogP contribution in [0.3, 0.4) is 0 Å². The lowest BCUT2D eigenvalue weighted by Crippen LogP contribution is -2.37. The molecule has 0 aliphatic carbocycles. The van der Waals surface area contributed by atoms with Gasteiger partial charge in [0.05, 0.1) is 6.42 Å². The summed E-state index contributed by atoms with van der Waals surface area (Å²) in [6.45, 7) is 0.156. The monoisotopic (exact) mass is 427 g/mol. The van der Waals surface area contributed by atoms with E-state index in [-0.39, 0.29) is 25.0 Å². The van der Waals surface area contributed by atoms with E-state index in [4.69, 9.17) is 9.47 Å². The Kier molecular flexibility index (Phi) is 5.21. The van der Waals surface area contributed by atoms with Gasteiger partial charge < -0.3 is 25.1 Å². The summed E-state index contributed by atoms with van der Waals surface area (Å²) in [5.74, 6) is 0.615. The number of benzene rings is 3. The molecule has 1 aromatic heterocycles. The van der Waals surface area contributed by atoms with Gasteiger partial charge in [-0.25, -0.2) is 0 Å². The van der Waals surface area contributed by atoms with Crippen molar-refractivity contribution >= 4 is 28.4 Å².